The van der Waals surface area contributed by atoms with Crippen molar-refractivity contribution in [3.05, 3.63) is 42.0 Å². The molecule has 0 fully saturated rings. The molecule has 0 amide bonds. The van der Waals surface area contributed by atoms with Gasteiger partial charge in [0.05, 0.1) is 0 Å². The topological polar surface area (TPSA) is 47.6 Å². The molecular weight excluding hydrogens is 383 g/mol. The predicted octanol–water partition coefficient (Wildman–Crippen LogP) is 3.10. The predicted molar refractivity (Wildman–Crippen MR) is 49.9 cm³/mol. The Bertz CT molecular complexity index is 321. The van der Waals surface area contributed by atoms with Crippen molar-refractivity contribution in [3.63, 3.8) is 0 Å². The third-order valence-corrected chi connectivity index (χ3v) is 1.56. The van der Waals surface area contributed by atoms with Gasteiger partial charge in [-0.3, -0.25) is 5.69 Å². The summed E-state index contributed by atoms with van der Waals surface area (Å²) in [4.78, 5) is 0. The van der Waals surface area contributed by atoms with E-state index in [1.807, 2.05) is 6.92 Å². The first kappa shape index (κ1) is 16.2. The molecule has 0 radical (unpaired) electrons. The Hall–Kier alpha value is -0.217. The van der Waals surface area contributed by atoms with Crippen LogP contribution < -0.4 is 0 Å². The Labute approximate surface area is 103 Å². The van der Waals surface area contributed by atoms with Gasteiger partial charge in [0.15, 0.2) is 0 Å². The van der Waals surface area contributed by atoms with Crippen LogP contribution in [0, 0.1) is 38.7 Å². The van der Waals surface area contributed by atoms with E-state index in [1.54, 1.807) is 13.0 Å². The molecule has 0 aliphatic heterocycles. The number of aryl methyl sites for hydroxylation is 2. The van der Waals surface area contributed by atoms with Gasteiger partial charge in [-0.05, 0) is 0 Å². The van der Waals surface area contributed by atoms with Crippen molar-refractivity contribution in [3.8, 4) is 6.07 Å². The Kier molecular flexibility index (Phi) is 9.41. The van der Waals surface area contributed by atoms with E-state index in [0.29, 0.717) is 11.3 Å². The van der Waals surface area contributed by atoms with Crippen LogP contribution in [0.25, 0.3) is 5.73 Å². The number of nitrogens with zero attached hydrogens (tertiary/aromatic N) is 1. The van der Waals surface area contributed by atoms with Gasteiger partial charge in [-0.25, -0.2) is 5.26 Å². The maximum absolute atomic E-state index is 8.66. The van der Waals surface area contributed by atoms with E-state index in [9.17, 15) is 0 Å². The van der Waals surface area contributed by atoms with E-state index in [-0.39, 0.29) is 7.43 Å². The van der Waals surface area contributed by atoms with Crippen molar-refractivity contribution in [2.45, 2.75) is 13.8 Å². The average molecular weight is 394 g/mol. The summed E-state index contributed by atoms with van der Waals surface area (Å²) in [6, 6.07) is 6.50. The van der Waals surface area contributed by atoms with Crippen molar-refractivity contribution in [1.29, 1.82) is 5.26 Å². The molecule has 0 saturated heterocycles. The zero-order valence-electron chi connectivity index (χ0n) is 8.38. The van der Waals surface area contributed by atoms with Crippen LogP contribution in [0.15, 0.2) is 6.07 Å². The minimum atomic E-state index is 0. The Balaban J connectivity index is 0. The van der Waals surface area contributed by atoms with E-state index in [2.05, 4.69) is 26.2 Å². The van der Waals surface area contributed by atoms with Crippen LogP contribution >= 0.6 is 0 Å². The third-order valence-electron chi connectivity index (χ3n) is 1.56. The standard InChI is InChI=1S/C9H8N2.CH3.V.W/c1-6-3-8(11)4-7(2)9(6)5-10;;;/h3,11H,1-2H3;1H3;;/q-2;-1;+2;. The molecule has 1 N–H and O–H groups in total. The first-order valence-electron chi connectivity index (χ1n) is 3.48. The summed E-state index contributed by atoms with van der Waals surface area (Å²) in [6.07, 6.45) is 0. The zero-order valence-corrected chi connectivity index (χ0v) is 12.7. The molecule has 0 atom stereocenters. The Morgan fingerprint density at radius 1 is 1.50 bits per heavy atom. The summed E-state index contributed by atoms with van der Waals surface area (Å²) in [5.74, 6) is 0. The molecule has 4 heteroatoms. The van der Waals surface area contributed by atoms with Gasteiger partial charge in [0, 0.05) is 6.07 Å². The van der Waals surface area contributed by atoms with Crippen molar-refractivity contribution in [2.24, 2.45) is 0 Å². The van der Waals surface area contributed by atoms with E-state index in [0.717, 1.165) is 11.1 Å². The molecule has 0 heterocycles. The monoisotopic (exact) mass is 394 g/mol. The van der Waals surface area contributed by atoms with Crippen LogP contribution in [0.2, 0.25) is 0 Å². The number of hydrogen-bond acceptors (Lipinski definition) is 1. The molecule has 0 saturated carbocycles. The molecule has 0 bridgehead atoms. The van der Waals surface area contributed by atoms with Gasteiger partial charge in [-0.15, -0.1) is 11.1 Å². The Morgan fingerprint density at radius 3 is 2.36 bits per heavy atom. The third kappa shape index (κ3) is 4.33. The average Bonchev–Trinajstić information content (AvgIpc) is 2.07. The van der Waals surface area contributed by atoms with Gasteiger partial charge in [0.2, 0.25) is 0 Å². The molecule has 1 aromatic carbocycles. The van der Waals surface area contributed by atoms with Crippen LogP contribution in [-0.4, -0.2) is 0 Å². The van der Waals surface area contributed by atoms with Crippen molar-refractivity contribution in [1.82, 2.24) is 0 Å². The number of nitrogens with one attached hydrogen (secondary N) is 1. The second-order valence-electron chi connectivity index (χ2n) is 2.48. The zero-order chi connectivity index (χ0) is 10.4. The molecule has 0 spiro atoms. The summed E-state index contributed by atoms with van der Waals surface area (Å²) >= 11 is 3.92. The minimum absolute atomic E-state index is 0. The summed E-state index contributed by atoms with van der Waals surface area (Å²) in [5, 5.41) is 8.66. The molecule has 0 unspecified atom stereocenters. The van der Waals surface area contributed by atoms with Crippen LogP contribution in [0.4, 0.5) is 5.69 Å². The van der Waals surface area contributed by atoms with Gasteiger partial charge in [-0.1, -0.05) is 19.4 Å². The number of benzene rings is 1. The van der Waals surface area contributed by atoms with Crippen LogP contribution in [-0.2, 0) is 30.9 Å². The maximum atomic E-state index is 8.66. The van der Waals surface area contributed by atoms with Gasteiger partial charge < -0.3 is 13.2 Å². The fraction of sp³-hybridized carbons (Fsp3) is 0.200. The summed E-state index contributed by atoms with van der Waals surface area (Å²) in [7, 11) is 0. The molecule has 1 rings (SSSR count). The van der Waals surface area contributed by atoms with Gasteiger partial charge >= 0.3 is 30.9 Å². The first-order chi connectivity index (χ1) is 6.15. The van der Waals surface area contributed by atoms with E-state index in [1.165, 1.54) is 16.8 Å². The molecule has 73 valence electrons. The number of rotatable bonds is 0. The second-order valence-corrected chi connectivity index (χ2v) is 2.48. The number of nitriles is 1. The summed E-state index contributed by atoms with van der Waals surface area (Å²) in [5.41, 5.74) is 9.89. The van der Waals surface area contributed by atoms with Crippen molar-refractivity contribution >= 4 is 5.69 Å². The van der Waals surface area contributed by atoms with E-state index < -0.39 is 0 Å². The fourth-order valence-corrected chi connectivity index (χ4v) is 1.06. The first-order valence-corrected chi connectivity index (χ1v) is 9.46. The second kappa shape index (κ2) is 8.12. The Morgan fingerprint density at radius 2 is 2.00 bits per heavy atom. The van der Waals surface area contributed by atoms with Gasteiger partial charge in [0.1, 0.15) is 0 Å². The molecule has 14 heavy (non-hydrogen) atoms. The fourth-order valence-electron chi connectivity index (χ4n) is 1.06. The molecular formula is C10H11N2VW-. The van der Waals surface area contributed by atoms with Crippen molar-refractivity contribution in [2.75, 3.05) is 0 Å². The van der Waals surface area contributed by atoms with E-state index >= 15 is 0 Å². The molecule has 0 aliphatic rings. The molecule has 2 nitrogen and oxygen atoms in total. The van der Waals surface area contributed by atoms with Crippen LogP contribution in [0.5, 0.6) is 0 Å². The normalized spacial score (nSPS) is 7.64. The van der Waals surface area contributed by atoms with Gasteiger partial charge in [-0.2, -0.15) is 12.1 Å². The molecule has 0 aliphatic carbocycles. The summed E-state index contributed by atoms with van der Waals surface area (Å²) < 4.78 is 0. The quantitative estimate of drug-likeness (QED) is 0.625. The van der Waals surface area contributed by atoms with Crippen LogP contribution in [0.3, 0.4) is 0 Å². The van der Waals surface area contributed by atoms with Crippen molar-refractivity contribution < 1.29 is 30.9 Å². The van der Waals surface area contributed by atoms with Crippen LogP contribution in [0.1, 0.15) is 16.7 Å². The summed E-state index contributed by atoms with van der Waals surface area (Å²) in [6.45, 7) is 3.63. The molecule has 1 aromatic rings. The SMILES string of the molecule is Cc1[c-]c([NH-])cc(C)c1C#N.[CH3-].[V+2]=[W]. The molecule has 0 aromatic heterocycles. The van der Waals surface area contributed by atoms with E-state index in [4.69, 9.17) is 11.0 Å². The number of hydrogen-bond donors (Lipinski definition) is 0. The van der Waals surface area contributed by atoms with Gasteiger partial charge in [0.25, 0.3) is 0 Å².